The Morgan fingerprint density at radius 2 is 2.06 bits per heavy atom. The molecule has 2 aliphatic rings. The van der Waals surface area contributed by atoms with E-state index in [4.69, 9.17) is 11.6 Å². The van der Waals surface area contributed by atoms with Crippen LogP contribution in [0.25, 0.3) is 0 Å². The van der Waals surface area contributed by atoms with Crippen molar-refractivity contribution in [2.75, 3.05) is 6.54 Å². The molecule has 1 aromatic rings. The number of fused-ring (bicyclic) bond motifs is 2. The second-order valence-corrected chi connectivity index (χ2v) is 7.45. The highest BCUT2D eigenvalue weighted by Gasteiger charge is 2.32. The van der Waals surface area contributed by atoms with Crippen molar-refractivity contribution in [3.05, 3.63) is 21.3 Å². The fourth-order valence-electron chi connectivity index (χ4n) is 3.38. The molecule has 100 valence electrons. The van der Waals surface area contributed by atoms with Gasteiger partial charge >= 0.3 is 0 Å². The lowest BCUT2D eigenvalue weighted by Gasteiger charge is -2.29. The monoisotopic (exact) mass is 284 g/mol. The highest BCUT2D eigenvalue weighted by atomic mass is 35.5. The highest BCUT2D eigenvalue weighted by Crippen LogP contribution is 2.32. The Kier molecular flexibility index (Phi) is 4.24. The first kappa shape index (κ1) is 12.9. The molecule has 0 saturated carbocycles. The van der Waals surface area contributed by atoms with Crippen molar-refractivity contribution in [3.63, 3.8) is 0 Å². The van der Waals surface area contributed by atoms with Gasteiger partial charge in [-0.1, -0.05) is 11.6 Å². The molecule has 0 amide bonds. The van der Waals surface area contributed by atoms with Gasteiger partial charge < -0.3 is 10.6 Å². The van der Waals surface area contributed by atoms with Crippen LogP contribution >= 0.6 is 22.9 Å². The molecule has 18 heavy (non-hydrogen) atoms. The summed E-state index contributed by atoms with van der Waals surface area (Å²) in [5.74, 6) is 0.933. The van der Waals surface area contributed by atoms with Gasteiger partial charge in [0, 0.05) is 23.5 Å². The van der Waals surface area contributed by atoms with E-state index >= 15 is 0 Å². The van der Waals surface area contributed by atoms with E-state index in [1.165, 1.54) is 37.0 Å². The van der Waals surface area contributed by atoms with Crippen LogP contribution < -0.4 is 10.6 Å². The molecule has 2 unspecified atom stereocenters. The van der Waals surface area contributed by atoms with Gasteiger partial charge in [0.2, 0.25) is 0 Å². The summed E-state index contributed by atoms with van der Waals surface area (Å²) in [5, 5.41) is 7.25. The van der Waals surface area contributed by atoms with Crippen molar-refractivity contribution in [2.45, 2.75) is 50.7 Å². The zero-order valence-electron chi connectivity index (χ0n) is 10.6. The van der Waals surface area contributed by atoms with Gasteiger partial charge in [-0.15, -0.1) is 11.3 Å². The molecule has 2 nitrogen and oxygen atoms in total. The van der Waals surface area contributed by atoms with Crippen LogP contribution in [-0.2, 0) is 6.54 Å². The van der Waals surface area contributed by atoms with E-state index in [0.717, 1.165) is 35.4 Å². The molecule has 2 N–H and O–H groups in total. The Hall–Kier alpha value is -0.0900. The predicted molar refractivity (Wildman–Crippen MR) is 78.3 cm³/mol. The van der Waals surface area contributed by atoms with Crippen LogP contribution in [0.3, 0.4) is 0 Å². The third-order valence-corrected chi connectivity index (χ3v) is 5.46. The van der Waals surface area contributed by atoms with Crippen molar-refractivity contribution in [3.8, 4) is 0 Å². The van der Waals surface area contributed by atoms with Crippen LogP contribution in [0.2, 0.25) is 4.34 Å². The van der Waals surface area contributed by atoms with E-state index < -0.39 is 0 Å². The zero-order valence-corrected chi connectivity index (χ0v) is 12.2. The first-order valence-electron chi connectivity index (χ1n) is 7.00. The second-order valence-electron chi connectivity index (χ2n) is 5.65. The minimum absolute atomic E-state index is 0.824. The van der Waals surface area contributed by atoms with Gasteiger partial charge in [0.1, 0.15) is 0 Å². The van der Waals surface area contributed by atoms with Gasteiger partial charge in [0.15, 0.2) is 0 Å². The topological polar surface area (TPSA) is 24.1 Å². The summed E-state index contributed by atoms with van der Waals surface area (Å²) in [6.07, 6.45) is 6.92. The molecule has 0 aromatic carbocycles. The molecule has 0 radical (unpaired) electrons. The van der Waals surface area contributed by atoms with E-state index in [0.29, 0.717) is 0 Å². The molecule has 2 bridgehead atoms. The Morgan fingerprint density at radius 3 is 2.72 bits per heavy atom. The van der Waals surface area contributed by atoms with Crippen LogP contribution in [0.15, 0.2) is 12.1 Å². The maximum Gasteiger partial charge on any atom is 0.0931 e. The number of rotatable bonds is 5. The van der Waals surface area contributed by atoms with Crippen molar-refractivity contribution < 1.29 is 0 Å². The Balaban J connectivity index is 1.35. The van der Waals surface area contributed by atoms with Crippen molar-refractivity contribution in [2.24, 2.45) is 5.92 Å². The molecule has 0 spiro atoms. The van der Waals surface area contributed by atoms with E-state index in [-0.39, 0.29) is 0 Å². The normalized spacial score (nSPS) is 30.8. The zero-order chi connectivity index (χ0) is 12.4. The average molecular weight is 285 g/mol. The fraction of sp³-hybridized carbons (Fsp3) is 0.714. The lowest BCUT2D eigenvalue weighted by atomic mass is 9.90. The number of hydrogen-bond donors (Lipinski definition) is 2. The van der Waals surface area contributed by atoms with Gasteiger partial charge in [-0.25, -0.2) is 0 Å². The van der Waals surface area contributed by atoms with E-state index in [9.17, 15) is 0 Å². The number of nitrogens with one attached hydrogen (secondary N) is 2. The average Bonchev–Trinajstić information content (AvgIpc) is 2.91. The smallest absolute Gasteiger partial charge is 0.0931 e. The van der Waals surface area contributed by atoms with E-state index in [1.54, 1.807) is 11.3 Å². The maximum atomic E-state index is 5.92. The molecular formula is C14H21ClN2S. The fourth-order valence-corrected chi connectivity index (χ4v) is 4.43. The van der Waals surface area contributed by atoms with Crippen LogP contribution in [0, 0.1) is 5.92 Å². The molecule has 1 aromatic heterocycles. The maximum absolute atomic E-state index is 5.92. The summed E-state index contributed by atoms with van der Waals surface area (Å²) < 4.78 is 0.890. The van der Waals surface area contributed by atoms with Crippen LogP contribution in [0.4, 0.5) is 0 Å². The summed E-state index contributed by atoms with van der Waals surface area (Å²) in [7, 11) is 0. The molecule has 4 heteroatoms. The van der Waals surface area contributed by atoms with Gasteiger partial charge in [0.25, 0.3) is 0 Å². The first-order valence-corrected chi connectivity index (χ1v) is 8.20. The highest BCUT2D eigenvalue weighted by molar-refractivity contribution is 7.16. The molecule has 2 atom stereocenters. The number of hydrogen-bond acceptors (Lipinski definition) is 3. The molecule has 3 heterocycles. The van der Waals surface area contributed by atoms with Crippen molar-refractivity contribution in [1.82, 2.24) is 10.6 Å². The van der Waals surface area contributed by atoms with Gasteiger partial charge in [-0.05, 0) is 56.7 Å². The van der Waals surface area contributed by atoms with Crippen molar-refractivity contribution >= 4 is 22.9 Å². The summed E-state index contributed by atoms with van der Waals surface area (Å²) in [6, 6.07) is 5.74. The second kappa shape index (κ2) is 5.91. The lowest BCUT2D eigenvalue weighted by Crippen LogP contribution is -2.38. The van der Waals surface area contributed by atoms with Crippen LogP contribution in [0.1, 0.15) is 37.0 Å². The summed E-state index contributed by atoms with van der Waals surface area (Å²) in [5.41, 5.74) is 0. The summed E-state index contributed by atoms with van der Waals surface area (Å²) >= 11 is 7.60. The minimum atomic E-state index is 0.824. The third-order valence-electron chi connectivity index (χ3n) is 4.23. The Morgan fingerprint density at radius 1 is 1.28 bits per heavy atom. The number of halogens is 1. The largest absolute Gasteiger partial charge is 0.312 e. The van der Waals surface area contributed by atoms with Gasteiger partial charge in [-0.2, -0.15) is 0 Å². The minimum Gasteiger partial charge on any atom is -0.312 e. The van der Waals surface area contributed by atoms with Gasteiger partial charge in [-0.3, -0.25) is 0 Å². The Labute approximate surface area is 118 Å². The first-order chi connectivity index (χ1) is 8.79. The SMILES string of the molecule is Clc1ccc(CNCCC2CC3CCC(C2)N3)s1. The Bertz CT molecular complexity index is 381. The number of piperidine rings is 1. The predicted octanol–water partition coefficient (Wildman–Crippen LogP) is 3.41. The molecular weight excluding hydrogens is 264 g/mol. The van der Waals surface area contributed by atoms with E-state index in [1.807, 2.05) is 6.07 Å². The summed E-state index contributed by atoms with van der Waals surface area (Å²) in [6.45, 7) is 2.11. The summed E-state index contributed by atoms with van der Waals surface area (Å²) in [4.78, 5) is 1.34. The molecule has 2 fully saturated rings. The third kappa shape index (κ3) is 3.27. The molecule has 0 aliphatic carbocycles. The van der Waals surface area contributed by atoms with E-state index in [2.05, 4.69) is 16.7 Å². The lowest BCUT2D eigenvalue weighted by molar-refractivity contribution is 0.283. The van der Waals surface area contributed by atoms with Crippen LogP contribution in [0.5, 0.6) is 0 Å². The molecule has 2 saturated heterocycles. The standard InChI is InChI=1S/C14H21ClN2S/c15-14-4-3-13(18-14)9-16-6-5-10-7-11-1-2-12(8-10)17-11/h3-4,10-12,16-17H,1-2,5-9H2. The van der Waals surface area contributed by atoms with Crippen LogP contribution in [-0.4, -0.2) is 18.6 Å². The molecule has 2 aliphatic heterocycles. The van der Waals surface area contributed by atoms with Crippen molar-refractivity contribution in [1.29, 1.82) is 0 Å². The van der Waals surface area contributed by atoms with Gasteiger partial charge in [0.05, 0.1) is 4.34 Å². The number of thiophene rings is 1. The quantitative estimate of drug-likeness (QED) is 0.810. The molecule has 3 rings (SSSR count).